The lowest BCUT2D eigenvalue weighted by Gasteiger charge is -2.14. The monoisotopic (exact) mass is 398 g/mol. The van der Waals surface area contributed by atoms with E-state index in [2.05, 4.69) is 36.4 Å². The highest BCUT2D eigenvalue weighted by Gasteiger charge is 2.17. The highest BCUT2D eigenvalue weighted by atomic mass is 127. The fourth-order valence-corrected chi connectivity index (χ4v) is 2.15. The summed E-state index contributed by atoms with van der Waals surface area (Å²) < 4.78 is 10.9. The first-order chi connectivity index (χ1) is 9.49. The largest absolute Gasteiger partial charge is 0.466 e. The third kappa shape index (κ3) is 11.5. The zero-order chi connectivity index (χ0) is 15.4. The molecule has 4 nitrogen and oxygen atoms in total. The predicted molar refractivity (Wildman–Crippen MR) is 87.9 cm³/mol. The van der Waals surface area contributed by atoms with Crippen molar-refractivity contribution in [2.45, 2.75) is 65.4 Å². The number of carbonyl (C=O) groups is 2. The topological polar surface area (TPSA) is 52.6 Å². The van der Waals surface area contributed by atoms with Gasteiger partial charge in [-0.1, -0.05) is 62.6 Å². The van der Waals surface area contributed by atoms with E-state index in [1.165, 1.54) is 12.8 Å². The first-order valence-corrected chi connectivity index (χ1v) is 8.93. The van der Waals surface area contributed by atoms with Gasteiger partial charge in [-0.2, -0.15) is 0 Å². The quantitative estimate of drug-likeness (QED) is 0.229. The molecule has 0 fully saturated rings. The van der Waals surface area contributed by atoms with E-state index in [1.54, 1.807) is 6.92 Å². The Labute approximate surface area is 136 Å². The minimum absolute atomic E-state index is 0.153. The summed E-state index contributed by atoms with van der Waals surface area (Å²) in [5.74, 6) is 0.183. The van der Waals surface area contributed by atoms with Crippen molar-refractivity contribution in [3.63, 3.8) is 0 Å². The van der Waals surface area contributed by atoms with Crippen molar-refractivity contribution >= 4 is 34.5 Å². The van der Waals surface area contributed by atoms with Crippen LogP contribution in [0.2, 0.25) is 0 Å². The van der Waals surface area contributed by atoms with Crippen molar-refractivity contribution in [1.82, 2.24) is 0 Å². The number of esters is 2. The van der Waals surface area contributed by atoms with Gasteiger partial charge < -0.3 is 9.47 Å². The van der Waals surface area contributed by atoms with E-state index < -0.39 is 0 Å². The SMILES string of the molecule is CCC(=O)OC(CI)CC(=O)OCCCCCC(C)C. The molecule has 0 aliphatic heterocycles. The van der Waals surface area contributed by atoms with Gasteiger partial charge in [0, 0.05) is 10.8 Å². The Bertz CT molecular complexity index is 279. The van der Waals surface area contributed by atoms with E-state index in [4.69, 9.17) is 9.47 Å². The third-order valence-electron chi connectivity index (χ3n) is 2.84. The van der Waals surface area contributed by atoms with E-state index in [1.807, 2.05) is 0 Å². The van der Waals surface area contributed by atoms with Gasteiger partial charge in [0.2, 0.25) is 0 Å². The molecule has 0 saturated carbocycles. The number of unbranched alkanes of at least 4 members (excludes halogenated alkanes) is 2. The average molecular weight is 398 g/mol. The van der Waals surface area contributed by atoms with Crippen LogP contribution in [0, 0.1) is 5.92 Å². The zero-order valence-corrected chi connectivity index (χ0v) is 15.0. The summed E-state index contributed by atoms with van der Waals surface area (Å²) >= 11 is 2.11. The number of ether oxygens (including phenoxy) is 2. The molecule has 0 amide bonds. The zero-order valence-electron chi connectivity index (χ0n) is 12.8. The van der Waals surface area contributed by atoms with Gasteiger partial charge in [-0.15, -0.1) is 0 Å². The standard InChI is InChI=1S/C15H27IO4/c1-4-14(17)20-13(11-16)10-15(18)19-9-7-5-6-8-12(2)3/h12-13H,4-11H2,1-3H3. The van der Waals surface area contributed by atoms with Crippen LogP contribution in [0.1, 0.15) is 59.3 Å². The molecule has 118 valence electrons. The maximum Gasteiger partial charge on any atom is 0.309 e. The maximum absolute atomic E-state index is 11.6. The Morgan fingerprint density at radius 1 is 1.10 bits per heavy atom. The summed E-state index contributed by atoms with van der Waals surface area (Å²) in [5, 5.41) is 0. The molecular weight excluding hydrogens is 371 g/mol. The van der Waals surface area contributed by atoms with Crippen LogP contribution in [-0.4, -0.2) is 29.1 Å². The molecule has 0 aromatic rings. The second-order valence-corrected chi connectivity index (χ2v) is 6.17. The average Bonchev–Trinajstić information content (AvgIpc) is 2.41. The van der Waals surface area contributed by atoms with Crippen LogP contribution in [0.3, 0.4) is 0 Å². The van der Waals surface area contributed by atoms with Gasteiger partial charge in [0.1, 0.15) is 6.10 Å². The molecule has 0 spiro atoms. The fourth-order valence-electron chi connectivity index (χ4n) is 1.66. The second-order valence-electron chi connectivity index (χ2n) is 5.29. The van der Waals surface area contributed by atoms with Gasteiger partial charge in [0.05, 0.1) is 13.0 Å². The molecule has 0 aromatic carbocycles. The lowest BCUT2D eigenvalue weighted by molar-refractivity contribution is -0.153. The van der Waals surface area contributed by atoms with E-state index in [-0.39, 0.29) is 24.5 Å². The van der Waals surface area contributed by atoms with Crippen LogP contribution >= 0.6 is 22.6 Å². The minimum atomic E-state index is -0.364. The van der Waals surface area contributed by atoms with E-state index >= 15 is 0 Å². The summed E-state index contributed by atoms with van der Waals surface area (Å²) in [5.41, 5.74) is 0. The highest BCUT2D eigenvalue weighted by molar-refractivity contribution is 14.1. The molecule has 0 aliphatic carbocycles. The van der Waals surface area contributed by atoms with E-state index in [0.717, 1.165) is 18.8 Å². The Kier molecular flexibility index (Phi) is 12.2. The molecule has 0 aromatic heterocycles. The molecule has 0 bridgehead atoms. The number of carbonyl (C=O) groups excluding carboxylic acids is 2. The lowest BCUT2D eigenvalue weighted by atomic mass is 10.1. The third-order valence-corrected chi connectivity index (χ3v) is 3.82. The van der Waals surface area contributed by atoms with Crippen LogP contribution in [0.4, 0.5) is 0 Å². The first kappa shape index (κ1) is 19.7. The fraction of sp³-hybridized carbons (Fsp3) is 0.867. The first-order valence-electron chi connectivity index (χ1n) is 7.40. The molecule has 0 rings (SSSR count). The molecule has 0 N–H and O–H groups in total. The Morgan fingerprint density at radius 3 is 2.35 bits per heavy atom. The number of hydrogen-bond donors (Lipinski definition) is 0. The molecule has 0 saturated heterocycles. The van der Waals surface area contributed by atoms with Gasteiger partial charge in [0.15, 0.2) is 0 Å². The number of rotatable bonds is 11. The van der Waals surface area contributed by atoms with Gasteiger partial charge in [0.25, 0.3) is 0 Å². The summed E-state index contributed by atoms with van der Waals surface area (Å²) in [6.07, 6.45) is 4.51. The van der Waals surface area contributed by atoms with Crippen molar-refractivity contribution < 1.29 is 19.1 Å². The summed E-state index contributed by atoms with van der Waals surface area (Å²) in [6.45, 7) is 6.62. The lowest BCUT2D eigenvalue weighted by Crippen LogP contribution is -2.23. The Morgan fingerprint density at radius 2 is 1.80 bits per heavy atom. The molecule has 1 atom stereocenters. The molecule has 20 heavy (non-hydrogen) atoms. The molecular formula is C15H27IO4. The van der Waals surface area contributed by atoms with Crippen molar-refractivity contribution in [2.75, 3.05) is 11.0 Å². The Hall–Kier alpha value is -0.330. The van der Waals surface area contributed by atoms with Gasteiger partial charge in [-0.25, -0.2) is 0 Å². The van der Waals surface area contributed by atoms with Crippen molar-refractivity contribution in [1.29, 1.82) is 0 Å². The van der Waals surface area contributed by atoms with E-state index in [0.29, 0.717) is 17.5 Å². The molecule has 0 aliphatic rings. The normalized spacial score (nSPS) is 12.2. The van der Waals surface area contributed by atoms with Crippen LogP contribution < -0.4 is 0 Å². The Balaban J connectivity index is 3.67. The number of hydrogen-bond acceptors (Lipinski definition) is 4. The van der Waals surface area contributed by atoms with Crippen molar-refractivity contribution in [3.05, 3.63) is 0 Å². The van der Waals surface area contributed by atoms with Gasteiger partial charge >= 0.3 is 11.9 Å². The second kappa shape index (κ2) is 12.4. The van der Waals surface area contributed by atoms with Crippen LogP contribution in [-0.2, 0) is 19.1 Å². The van der Waals surface area contributed by atoms with E-state index in [9.17, 15) is 9.59 Å². The molecule has 0 heterocycles. The van der Waals surface area contributed by atoms with Gasteiger partial charge in [-0.05, 0) is 12.3 Å². The van der Waals surface area contributed by atoms with Gasteiger partial charge in [-0.3, -0.25) is 9.59 Å². The number of halogens is 1. The smallest absolute Gasteiger partial charge is 0.309 e. The number of alkyl halides is 1. The molecule has 0 radical (unpaired) electrons. The minimum Gasteiger partial charge on any atom is -0.466 e. The van der Waals surface area contributed by atoms with Crippen LogP contribution in [0.25, 0.3) is 0 Å². The van der Waals surface area contributed by atoms with Crippen LogP contribution in [0.5, 0.6) is 0 Å². The predicted octanol–water partition coefficient (Wildman–Crippen LogP) is 3.89. The summed E-state index contributed by atoms with van der Waals surface area (Å²) in [7, 11) is 0. The molecule has 1 unspecified atom stereocenters. The van der Waals surface area contributed by atoms with Crippen LogP contribution in [0.15, 0.2) is 0 Å². The summed E-state index contributed by atoms with van der Waals surface area (Å²) in [6, 6.07) is 0. The van der Waals surface area contributed by atoms with Crippen molar-refractivity contribution in [3.8, 4) is 0 Å². The van der Waals surface area contributed by atoms with Crippen molar-refractivity contribution in [2.24, 2.45) is 5.92 Å². The molecule has 5 heteroatoms. The maximum atomic E-state index is 11.6. The highest BCUT2D eigenvalue weighted by Crippen LogP contribution is 2.09. The summed E-state index contributed by atoms with van der Waals surface area (Å²) in [4.78, 5) is 22.8.